The number of hydrogen-bond acceptors (Lipinski definition) is 4. The van der Waals surface area contributed by atoms with Gasteiger partial charge in [0.1, 0.15) is 0 Å². The van der Waals surface area contributed by atoms with Gasteiger partial charge in [-0.3, -0.25) is 4.79 Å². The summed E-state index contributed by atoms with van der Waals surface area (Å²) in [5, 5.41) is 12.6. The summed E-state index contributed by atoms with van der Waals surface area (Å²) < 4.78 is 0.813. The maximum atomic E-state index is 12.1. The van der Waals surface area contributed by atoms with Gasteiger partial charge in [-0.05, 0) is 27.6 Å². The highest BCUT2D eigenvalue weighted by Crippen LogP contribution is 2.35. The minimum atomic E-state index is -1.40. The number of benzene rings is 1. The summed E-state index contributed by atoms with van der Waals surface area (Å²) in [6.45, 7) is 0.571. The SMILES string of the molecule is CN1CC[C@@](O)(c2cccc(-c3csc(Br)n3)c2)C1=O. The van der Waals surface area contributed by atoms with Crippen molar-refractivity contribution in [1.29, 1.82) is 0 Å². The second kappa shape index (κ2) is 4.95. The number of likely N-dealkylation sites (tertiary alicyclic amines) is 1. The Labute approximate surface area is 129 Å². The highest BCUT2D eigenvalue weighted by atomic mass is 79.9. The van der Waals surface area contributed by atoms with Gasteiger partial charge in [0.2, 0.25) is 0 Å². The quantitative estimate of drug-likeness (QED) is 0.903. The van der Waals surface area contributed by atoms with E-state index in [0.29, 0.717) is 18.5 Å². The van der Waals surface area contributed by atoms with E-state index in [0.717, 1.165) is 15.2 Å². The molecule has 1 aromatic heterocycles. The molecule has 3 rings (SSSR count). The lowest BCUT2D eigenvalue weighted by molar-refractivity contribution is -0.143. The summed E-state index contributed by atoms with van der Waals surface area (Å²) in [5.74, 6) is -0.242. The fraction of sp³-hybridized carbons (Fsp3) is 0.286. The number of nitrogens with zero attached hydrogens (tertiary/aromatic N) is 2. The summed E-state index contributed by atoms with van der Waals surface area (Å²) in [6.07, 6.45) is 0.423. The largest absolute Gasteiger partial charge is 0.375 e. The first kappa shape index (κ1) is 13.7. The summed E-state index contributed by atoms with van der Waals surface area (Å²) in [4.78, 5) is 18.1. The van der Waals surface area contributed by atoms with Crippen molar-refractivity contribution in [3.05, 3.63) is 39.1 Å². The van der Waals surface area contributed by atoms with Crippen LogP contribution in [0.2, 0.25) is 0 Å². The van der Waals surface area contributed by atoms with Crippen molar-refractivity contribution < 1.29 is 9.90 Å². The Morgan fingerprint density at radius 2 is 2.30 bits per heavy atom. The zero-order chi connectivity index (χ0) is 14.3. The number of halogens is 1. The maximum Gasteiger partial charge on any atom is 0.258 e. The fourth-order valence-corrected chi connectivity index (χ4v) is 3.46. The number of likely N-dealkylation sites (N-methyl/N-ethyl adjacent to an activating group) is 1. The molecule has 1 fully saturated rings. The van der Waals surface area contributed by atoms with E-state index in [9.17, 15) is 9.90 Å². The smallest absolute Gasteiger partial charge is 0.258 e. The lowest BCUT2D eigenvalue weighted by Crippen LogP contribution is -2.36. The third-order valence-electron chi connectivity index (χ3n) is 3.62. The normalized spacial score (nSPS) is 22.6. The van der Waals surface area contributed by atoms with Crippen LogP contribution < -0.4 is 0 Å². The van der Waals surface area contributed by atoms with Gasteiger partial charge in [-0.1, -0.05) is 18.2 Å². The molecule has 0 aliphatic carbocycles. The zero-order valence-corrected chi connectivity index (χ0v) is 13.2. The van der Waals surface area contributed by atoms with Crippen LogP contribution in [0, 0.1) is 0 Å². The van der Waals surface area contributed by atoms with E-state index < -0.39 is 5.60 Å². The molecule has 6 heteroatoms. The third kappa shape index (κ3) is 2.17. The van der Waals surface area contributed by atoms with Crippen LogP contribution in [0.3, 0.4) is 0 Å². The molecule has 1 saturated heterocycles. The number of rotatable bonds is 2. The molecular weight excluding hydrogens is 340 g/mol. The van der Waals surface area contributed by atoms with E-state index in [1.807, 2.05) is 23.6 Å². The van der Waals surface area contributed by atoms with Gasteiger partial charge in [-0.15, -0.1) is 11.3 Å². The molecular formula is C14H13BrN2O2S. The lowest BCUT2D eigenvalue weighted by Gasteiger charge is -2.21. The first-order valence-corrected chi connectivity index (χ1v) is 7.88. The van der Waals surface area contributed by atoms with E-state index in [1.165, 1.54) is 11.3 Å². The molecule has 1 aromatic carbocycles. The van der Waals surface area contributed by atoms with Gasteiger partial charge in [0, 0.05) is 31.0 Å². The Morgan fingerprint density at radius 1 is 1.50 bits per heavy atom. The monoisotopic (exact) mass is 352 g/mol. The number of hydrogen-bond donors (Lipinski definition) is 1. The highest BCUT2D eigenvalue weighted by Gasteiger charge is 2.45. The number of aliphatic hydroxyl groups is 1. The van der Waals surface area contributed by atoms with Crippen molar-refractivity contribution >= 4 is 33.2 Å². The van der Waals surface area contributed by atoms with Crippen LogP contribution in [-0.2, 0) is 10.4 Å². The zero-order valence-electron chi connectivity index (χ0n) is 10.8. The van der Waals surface area contributed by atoms with E-state index in [4.69, 9.17) is 0 Å². The van der Waals surface area contributed by atoms with Crippen molar-refractivity contribution in [1.82, 2.24) is 9.88 Å². The Balaban J connectivity index is 2.02. The number of thiazole rings is 1. The molecule has 1 amide bonds. The lowest BCUT2D eigenvalue weighted by atomic mass is 9.91. The topological polar surface area (TPSA) is 53.4 Å². The Bertz CT molecular complexity index is 673. The predicted molar refractivity (Wildman–Crippen MR) is 81.4 cm³/mol. The highest BCUT2D eigenvalue weighted by molar-refractivity contribution is 9.11. The second-order valence-corrected chi connectivity index (χ2v) is 7.04. The van der Waals surface area contributed by atoms with Gasteiger partial charge in [-0.25, -0.2) is 4.98 Å². The minimum Gasteiger partial charge on any atom is -0.375 e. The Morgan fingerprint density at radius 3 is 2.90 bits per heavy atom. The first-order chi connectivity index (χ1) is 9.50. The van der Waals surface area contributed by atoms with Gasteiger partial charge in [0.25, 0.3) is 5.91 Å². The van der Waals surface area contributed by atoms with Crippen LogP contribution in [-0.4, -0.2) is 34.5 Å². The van der Waals surface area contributed by atoms with E-state index in [2.05, 4.69) is 20.9 Å². The predicted octanol–water partition coefficient (Wildman–Crippen LogP) is 2.62. The minimum absolute atomic E-state index is 0.242. The van der Waals surface area contributed by atoms with E-state index >= 15 is 0 Å². The van der Waals surface area contributed by atoms with Gasteiger partial charge in [0.15, 0.2) is 9.52 Å². The number of carbonyl (C=O) groups excluding carboxylic acids is 1. The van der Waals surface area contributed by atoms with Crippen LogP contribution in [0.5, 0.6) is 0 Å². The van der Waals surface area contributed by atoms with E-state index in [1.54, 1.807) is 18.0 Å². The fourth-order valence-electron chi connectivity index (χ4n) is 2.44. The van der Waals surface area contributed by atoms with Crippen molar-refractivity contribution in [3.8, 4) is 11.3 Å². The summed E-state index contributed by atoms with van der Waals surface area (Å²) >= 11 is 4.84. The molecule has 20 heavy (non-hydrogen) atoms. The maximum absolute atomic E-state index is 12.1. The molecule has 0 saturated carbocycles. The molecule has 2 aromatic rings. The van der Waals surface area contributed by atoms with Crippen molar-refractivity contribution in [2.45, 2.75) is 12.0 Å². The van der Waals surface area contributed by atoms with Crippen LogP contribution in [0.25, 0.3) is 11.3 Å². The van der Waals surface area contributed by atoms with Crippen molar-refractivity contribution in [3.63, 3.8) is 0 Å². The molecule has 2 heterocycles. The first-order valence-electron chi connectivity index (χ1n) is 6.20. The molecule has 1 N–H and O–H groups in total. The van der Waals surface area contributed by atoms with Crippen LogP contribution in [0.4, 0.5) is 0 Å². The molecule has 1 aliphatic heterocycles. The van der Waals surface area contributed by atoms with Gasteiger partial charge < -0.3 is 10.0 Å². The second-order valence-electron chi connectivity index (χ2n) is 4.90. The van der Waals surface area contributed by atoms with Gasteiger partial charge in [-0.2, -0.15) is 0 Å². The molecule has 1 aliphatic rings. The number of aromatic nitrogens is 1. The molecule has 1 atom stereocenters. The van der Waals surface area contributed by atoms with Crippen molar-refractivity contribution in [2.75, 3.05) is 13.6 Å². The van der Waals surface area contributed by atoms with E-state index in [-0.39, 0.29) is 5.91 Å². The van der Waals surface area contributed by atoms with Gasteiger partial charge in [0.05, 0.1) is 5.69 Å². The van der Waals surface area contributed by atoms with Gasteiger partial charge >= 0.3 is 0 Å². The standard InChI is InChI=1S/C14H13BrN2O2S/c1-17-6-5-14(19,12(17)18)10-4-2-3-9(7-10)11-8-20-13(15)16-11/h2-4,7-8,19H,5-6H2,1H3/t14-/m1/s1. The summed E-state index contributed by atoms with van der Waals surface area (Å²) in [6, 6.07) is 7.42. The molecule has 0 spiro atoms. The van der Waals surface area contributed by atoms with Crippen LogP contribution in [0.15, 0.2) is 33.6 Å². The van der Waals surface area contributed by atoms with Crippen LogP contribution >= 0.6 is 27.3 Å². The molecule has 0 radical (unpaired) electrons. The Kier molecular flexibility index (Phi) is 3.40. The van der Waals surface area contributed by atoms with Crippen molar-refractivity contribution in [2.24, 2.45) is 0 Å². The molecule has 0 bridgehead atoms. The molecule has 0 unspecified atom stereocenters. The number of amides is 1. The molecule has 104 valence electrons. The Hall–Kier alpha value is -1.24. The summed E-state index contributed by atoms with van der Waals surface area (Å²) in [5.41, 5.74) is 0.970. The third-order valence-corrected chi connectivity index (χ3v) is 4.99. The number of carbonyl (C=O) groups is 1. The van der Waals surface area contributed by atoms with Crippen LogP contribution in [0.1, 0.15) is 12.0 Å². The average Bonchev–Trinajstić information content (AvgIpc) is 3.00. The summed E-state index contributed by atoms with van der Waals surface area (Å²) in [7, 11) is 1.71. The average molecular weight is 353 g/mol. The molecule has 4 nitrogen and oxygen atoms in total.